The minimum absolute atomic E-state index is 0.174. The van der Waals surface area contributed by atoms with Crippen LogP contribution in [0.4, 0.5) is 10.8 Å². The molecule has 2 amide bonds. The fourth-order valence-electron chi connectivity index (χ4n) is 3.51. The molecule has 5 aromatic rings. The first-order valence-corrected chi connectivity index (χ1v) is 12.7. The number of ether oxygens (including phenoxy) is 1. The van der Waals surface area contributed by atoms with Crippen molar-refractivity contribution in [2.24, 2.45) is 0 Å². The third-order valence-corrected chi connectivity index (χ3v) is 7.48. The van der Waals surface area contributed by atoms with Crippen molar-refractivity contribution in [3.05, 3.63) is 103 Å². The quantitative estimate of drug-likeness (QED) is 0.226. The Bertz CT molecular complexity index is 1480. The average Bonchev–Trinajstić information content (AvgIpc) is 3.58. The van der Waals surface area contributed by atoms with E-state index in [0.29, 0.717) is 10.8 Å². The van der Waals surface area contributed by atoms with E-state index in [1.165, 1.54) is 29.4 Å². The molecule has 1 unspecified atom stereocenters. The van der Waals surface area contributed by atoms with Gasteiger partial charge in [0.15, 0.2) is 10.9 Å². The van der Waals surface area contributed by atoms with Crippen LogP contribution in [0.5, 0.6) is 5.75 Å². The molecule has 2 heterocycles. The number of rotatable bonds is 8. The molecule has 0 saturated carbocycles. The minimum Gasteiger partial charge on any atom is -0.497 e. The summed E-state index contributed by atoms with van der Waals surface area (Å²) in [5, 5.41) is 5.80. The second kappa shape index (κ2) is 10.7. The van der Waals surface area contributed by atoms with Crippen molar-refractivity contribution in [3.63, 3.8) is 0 Å². The number of furan rings is 1. The lowest BCUT2D eigenvalue weighted by atomic mass is 10.1. The Morgan fingerprint density at radius 3 is 2.50 bits per heavy atom. The maximum atomic E-state index is 13.4. The summed E-state index contributed by atoms with van der Waals surface area (Å²) in [4.78, 5) is 31.0. The van der Waals surface area contributed by atoms with Gasteiger partial charge >= 0.3 is 0 Å². The van der Waals surface area contributed by atoms with Crippen LogP contribution in [-0.2, 0) is 4.79 Å². The lowest BCUT2D eigenvalue weighted by molar-refractivity contribution is -0.115. The molecule has 1 atom stereocenters. The molecule has 0 saturated heterocycles. The lowest BCUT2D eigenvalue weighted by Crippen LogP contribution is -2.18. The van der Waals surface area contributed by atoms with Gasteiger partial charge in [0, 0.05) is 10.6 Å². The molecule has 7 nitrogen and oxygen atoms in total. The Morgan fingerprint density at radius 1 is 0.972 bits per heavy atom. The molecule has 5 rings (SSSR count). The highest BCUT2D eigenvalue weighted by molar-refractivity contribution is 8.00. The Morgan fingerprint density at radius 2 is 1.78 bits per heavy atom. The van der Waals surface area contributed by atoms with Crippen LogP contribution in [0, 0.1) is 0 Å². The fraction of sp³-hybridized carbons (Fsp3) is 0.0741. The molecule has 9 heteroatoms. The number of hydrogen-bond acceptors (Lipinski definition) is 7. The summed E-state index contributed by atoms with van der Waals surface area (Å²) in [5.41, 5.74) is 2.30. The van der Waals surface area contributed by atoms with Crippen LogP contribution >= 0.6 is 23.1 Å². The number of hydrogen-bond donors (Lipinski definition) is 2. The number of thioether (sulfide) groups is 1. The first kappa shape index (κ1) is 23.7. The number of nitrogens with zero attached hydrogens (tertiary/aromatic N) is 1. The summed E-state index contributed by atoms with van der Waals surface area (Å²) in [7, 11) is 1.62. The van der Waals surface area contributed by atoms with Gasteiger partial charge in [-0.1, -0.05) is 41.7 Å². The van der Waals surface area contributed by atoms with Crippen molar-refractivity contribution in [2.45, 2.75) is 10.1 Å². The number of anilines is 2. The van der Waals surface area contributed by atoms with Crippen LogP contribution in [0.3, 0.4) is 0 Å². The summed E-state index contributed by atoms with van der Waals surface area (Å²) in [6, 6.07) is 25.8. The molecule has 0 bridgehead atoms. The first-order valence-electron chi connectivity index (χ1n) is 11.0. The molecule has 2 N–H and O–H groups in total. The zero-order valence-electron chi connectivity index (χ0n) is 19.1. The van der Waals surface area contributed by atoms with Gasteiger partial charge in [-0.3, -0.25) is 9.59 Å². The van der Waals surface area contributed by atoms with Gasteiger partial charge in [-0.15, -0.1) is 11.8 Å². The molecule has 0 aliphatic rings. The molecular formula is C27H21N3O4S2. The Balaban J connectivity index is 1.33. The van der Waals surface area contributed by atoms with Crippen molar-refractivity contribution in [1.29, 1.82) is 0 Å². The molecule has 0 aliphatic carbocycles. The van der Waals surface area contributed by atoms with E-state index >= 15 is 0 Å². The Hall–Kier alpha value is -4.08. The average molecular weight is 516 g/mol. The van der Waals surface area contributed by atoms with Crippen LogP contribution in [0.15, 0.2) is 101 Å². The number of nitrogens with one attached hydrogen (secondary N) is 2. The van der Waals surface area contributed by atoms with E-state index in [0.717, 1.165) is 26.4 Å². The highest BCUT2D eigenvalue weighted by Gasteiger charge is 2.23. The summed E-state index contributed by atoms with van der Waals surface area (Å²) in [6.07, 6.45) is 1.45. The van der Waals surface area contributed by atoms with Crippen molar-refractivity contribution in [2.75, 3.05) is 17.7 Å². The van der Waals surface area contributed by atoms with Crippen molar-refractivity contribution in [1.82, 2.24) is 4.98 Å². The van der Waals surface area contributed by atoms with Gasteiger partial charge in [-0.2, -0.15) is 0 Å². The van der Waals surface area contributed by atoms with Gasteiger partial charge in [0.1, 0.15) is 11.0 Å². The second-order valence-electron chi connectivity index (χ2n) is 7.71. The standard InChI is InChI=1S/C27H21N3O4S2/c1-33-19-11-14-21-23(16-19)36-27(29-21)30-26(32)24(17-6-3-2-4-7-17)35-20-12-9-18(10-13-20)28-25(31)22-8-5-15-34-22/h2-16,24H,1H3,(H,28,31)(H,29,30,32). The smallest absolute Gasteiger partial charge is 0.291 e. The van der Waals surface area contributed by atoms with Gasteiger partial charge in [0.25, 0.3) is 5.91 Å². The Labute approximate surface area is 215 Å². The number of carbonyl (C=O) groups excluding carboxylic acids is 2. The number of amides is 2. The molecule has 3 aromatic carbocycles. The number of fused-ring (bicyclic) bond motifs is 1. The largest absolute Gasteiger partial charge is 0.497 e. The monoisotopic (exact) mass is 515 g/mol. The molecule has 0 radical (unpaired) electrons. The predicted molar refractivity (Wildman–Crippen MR) is 143 cm³/mol. The topological polar surface area (TPSA) is 93.5 Å². The summed E-state index contributed by atoms with van der Waals surface area (Å²) in [5.74, 6) is 0.482. The van der Waals surface area contributed by atoms with Crippen LogP contribution in [-0.4, -0.2) is 23.9 Å². The molecule has 0 spiro atoms. The van der Waals surface area contributed by atoms with Crippen LogP contribution in [0.25, 0.3) is 10.2 Å². The number of aromatic nitrogens is 1. The van der Waals surface area contributed by atoms with E-state index < -0.39 is 5.25 Å². The maximum Gasteiger partial charge on any atom is 0.291 e. The number of carbonyl (C=O) groups is 2. The predicted octanol–water partition coefficient (Wildman–Crippen LogP) is 6.62. The second-order valence-corrected chi connectivity index (χ2v) is 9.92. The third-order valence-electron chi connectivity index (χ3n) is 5.28. The van der Waals surface area contributed by atoms with Gasteiger partial charge in [0.2, 0.25) is 5.91 Å². The molecule has 180 valence electrons. The molecule has 2 aromatic heterocycles. The summed E-state index contributed by atoms with van der Waals surface area (Å²) < 4.78 is 11.3. The van der Waals surface area contributed by atoms with E-state index in [9.17, 15) is 9.59 Å². The first-order chi connectivity index (χ1) is 17.6. The summed E-state index contributed by atoms with van der Waals surface area (Å²) >= 11 is 2.82. The van der Waals surface area contributed by atoms with Gasteiger partial charge in [-0.25, -0.2) is 4.98 Å². The van der Waals surface area contributed by atoms with E-state index in [2.05, 4.69) is 15.6 Å². The lowest BCUT2D eigenvalue weighted by Gasteiger charge is -2.16. The highest BCUT2D eigenvalue weighted by Crippen LogP contribution is 2.37. The maximum absolute atomic E-state index is 13.4. The van der Waals surface area contributed by atoms with Crippen molar-refractivity contribution < 1.29 is 18.7 Å². The normalized spacial score (nSPS) is 11.7. The third kappa shape index (κ3) is 5.42. The van der Waals surface area contributed by atoms with E-state index in [1.54, 1.807) is 31.4 Å². The number of methoxy groups -OCH3 is 1. The zero-order chi connectivity index (χ0) is 24.9. The van der Waals surface area contributed by atoms with Crippen molar-refractivity contribution >= 4 is 55.9 Å². The van der Waals surface area contributed by atoms with Crippen molar-refractivity contribution in [3.8, 4) is 5.75 Å². The van der Waals surface area contributed by atoms with E-state index in [-0.39, 0.29) is 17.6 Å². The van der Waals surface area contributed by atoms with Crippen LogP contribution < -0.4 is 15.4 Å². The van der Waals surface area contributed by atoms with E-state index in [4.69, 9.17) is 9.15 Å². The van der Waals surface area contributed by atoms with Crippen LogP contribution in [0.2, 0.25) is 0 Å². The van der Waals surface area contributed by atoms with Gasteiger partial charge in [0.05, 0.1) is 23.6 Å². The van der Waals surface area contributed by atoms with Crippen LogP contribution in [0.1, 0.15) is 21.4 Å². The number of thiazole rings is 1. The SMILES string of the molecule is COc1ccc2nc(NC(=O)C(Sc3ccc(NC(=O)c4ccco4)cc3)c3ccccc3)sc2c1. The molecule has 36 heavy (non-hydrogen) atoms. The fourth-order valence-corrected chi connectivity index (χ4v) is 5.43. The highest BCUT2D eigenvalue weighted by atomic mass is 32.2. The van der Waals surface area contributed by atoms with E-state index in [1.807, 2.05) is 60.7 Å². The summed E-state index contributed by atoms with van der Waals surface area (Å²) in [6.45, 7) is 0. The zero-order valence-corrected chi connectivity index (χ0v) is 20.8. The van der Waals surface area contributed by atoms with Gasteiger partial charge in [-0.05, 0) is 60.2 Å². The number of benzene rings is 3. The molecule has 0 aliphatic heterocycles. The Kier molecular flexibility index (Phi) is 7.01. The minimum atomic E-state index is -0.503. The van der Waals surface area contributed by atoms with Gasteiger partial charge < -0.3 is 19.8 Å². The molecule has 0 fully saturated rings. The molecular weight excluding hydrogens is 494 g/mol.